The Balaban J connectivity index is 2.09. The van der Waals surface area contributed by atoms with Gasteiger partial charge in [-0.2, -0.15) is 4.72 Å². The van der Waals surface area contributed by atoms with Crippen LogP contribution in [0.1, 0.15) is 23.8 Å². The Morgan fingerprint density at radius 1 is 1.17 bits per heavy atom. The molecule has 2 aromatic rings. The van der Waals surface area contributed by atoms with Crippen molar-refractivity contribution in [1.29, 1.82) is 0 Å². The quantitative estimate of drug-likeness (QED) is 0.868. The van der Waals surface area contributed by atoms with Crippen LogP contribution in [0.15, 0.2) is 33.7 Å². The number of hydrogen-bond acceptors (Lipinski definition) is 5. The fraction of sp³-hybridized carbons (Fsp3) is 0.333. The van der Waals surface area contributed by atoms with Gasteiger partial charge in [0.05, 0.1) is 10.9 Å². The van der Waals surface area contributed by atoms with Crippen LogP contribution < -0.4 is 10.0 Å². The molecule has 0 aliphatic heterocycles. The zero-order valence-electron chi connectivity index (χ0n) is 13.4. The number of amides is 1. The van der Waals surface area contributed by atoms with Crippen LogP contribution in [0.4, 0.5) is 5.82 Å². The van der Waals surface area contributed by atoms with Crippen molar-refractivity contribution in [3.05, 3.63) is 41.2 Å². The molecule has 1 aromatic heterocycles. The molecule has 7 nitrogen and oxygen atoms in total. The maximum absolute atomic E-state index is 12.3. The number of hydrogen-bond donors (Lipinski definition) is 2. The first kappa shape index (κ1) is 17.2. The Bertz CT molecular complexity index is 827. The van der Waals surface area contributed by atoms with E-state index in [0.717, 1.165) is 11.1 Å². The van der Waals surface area contributed by atoms with Gasteiger partial charge >= 0.3 is 0 Å². The number of sulfonamides is 1. The molecule has 2 rings (SSSR count). The number of carbonyl (C=O) groups is 1. The maximum Gasteiger partial charge on any atom is 0.243 e. The van der Waals surface area contributed by atoms with Gasteiger partial charge in [-0.3, -0.25) is 4.79 Å². The Morgan fingerprint density at radius 3 is 2.43 bits per heavy atom. The van der Waals surface area contributed by atoms with Crippen molar-refractivity contribution in [2.45, 2.75) is 38.6 Å². The predicted molar refractivity (Wildman–Crippen MR) is 85.6 cm³/mol. The molecule has 1 aromatic carbocycles. The fourth-order valence-electron chi connectivity index (χ4n) is 1.90. The SMILES string of the molecule is Cc1cc(NC(=O)[C@H](C)NS(=O)(=O)c2ccc(C)c(C)c2)no1. The van der Waals surface area contributed by atoms with Gasteiger partial charge in [-0.15, -0.1) is 0 Å². The minimum Gasteiger partial charge on any atom is -0.360 e. The summed E-state index contributed by atoms with van der Waals surface area (Å²) in [5.74, 6) is 0.263. The summed E-state index contributed by atoms with van der Waals surface area (Å²) < 4.78 is 31.9. The molecule has 0 fully saturated rings. The van der Waals surface area contributed by atoms with E-state index in [1.165, 1.54) is 13.0 Å². The maximum atomic E-state index is 12.3. The third kappa shape index (κ3) is 4.17. The lowest BCUT2D eigenvalue weighted by Crippen LogP contribution is -2.41. The van der Waals surface area contributed by atoms with Gasteiger partial charge in [0, 0.05) is 6.07 Å². The van der Waals surface area contributed by atoms with Gasteiger partial charge in [0.25, 0.3) is 0 Å². The molecule has 0 saturated heterocycles. The number of carbonyl (C=O) groups excluding carboxylic acids is 1. The van der Waals surface area contributed by atoms with Gasteiger partial charge in [-0.25, -0.2) is 8.42 Å². The molecule has 0 aliphatic carbocycles. The smallest absolute Gasteiger partial charge is 0.243 e. The van der Waals surface area contributed by atoms with Crippen LogP contribution in [0, 0.1) is 20.8 Å². The summed E-state index contributed by atoms with van der Waals surface area (Å²) in [6, 6.07) is 5.40. The first-order chi connectivity index (χ1) is 10.7. The van der Waals surface area contributed by atoms with Crippen molar-refractivity contribution in [2.24, 2.45) is 0 Å². The molecule has 1 atom stereocenters. The van der Waals surface area contributed by atoms with E-state index in [1.807, 2.05) is 13.8 Å². The first-order valence-electron chi connectivity index (χ1n) is 7.03. The highest BCUT2D eigenvalue weighted by atomic mass is 32.2. The number of rotatable bonds is 5. The number of nitrogens with zero attached hydrogens (tertiary/aromatic N) is 1. The molecule has 23 heavy (non-hydrogen) atoms. The summed E-state index contributed by atoms with van der Waals surface area (Å²) in [6.45, 7) is 6.88. The molecule has 0 unspecified atom stereocenters. The molecule has 8 heteroatoms. The second-order valence-electron chi connectivity index (χ2n) is 5.40. The van der Waals surface area contributed by atoms with Crippen LogP contribution in [-0.2, 0) is 14.8 Å². The minimum atomic E-state index is -3.79. The van der Waals surface area contributed by atoms with E-state index in [4.69, 9.17) is 4.52 Å². The van der Waals surface area contributed by atoms with Crippen molar-refractivity contribution in [3.63, 3.8) is 0 Å². The highest BCUT2D eigenvalue weighted by Gasteiger charge is 2.23. The standard InChI is InChI=1S/C15H19N3O4S/c1-9-5-6-13(7-10(9)2)23(20,21)18-12(4)15(19)16-14-8-11(3)22-17-14/h5-8,12,18H,1-4H3,(H,16,17,19)/t12-/m0/s1. The summed E-state index contributed by atoms with van der Waals surface area (Å²) >= 11 is 0. The van der Waals surface area contributed by atoms with Crippen molar-refractivity contribution in [1.82, 2.24) is 9.88 Å². The second-order valence-corrected chi connectivity index (χ2v) is 7.12. The summed E-state index contributed by atoms with van der Waals surface area (Å²) in [4.78, 5) is 12.2. The van der Waals surface area contributed by atoms with E-state index in [9.17, 15) is 13.2 Å². The molecular formula is C15H19N3O4S. The molecule has 0 aliphatic rings. The predicted octanol–water partition coefficient (Wildman–Crippen LogP) is 1.91. The highest BCUT2D eigenvalue weighted by molar-refractivity contribution is 7.89. The topological polar surface area (TPSA) is 101 Å². The number of benzene rings is 1. The van der Waals surface area contributed by atoms with E-state index < -0.39 is 22.0 Å². The molecule has 1 amide bonds. The first-order valence-corrected chi connectivity index (χ1v) is 8.51. The molecular weight excluding hydrogens is 318 g/mol. The zero-order chi connectivity index (χ0) is 17.2. The lowest BCUT2D eigenvalue weighted by molar-refractivity contribution is -0.117. The fourth-order valence-corrected chi connectivity index (χ4v) is 3.18. The van der Waals surface area contributed by atoms with Crippen LogP contribution >= 0.6 is 0 Å². The number of nitrogens with one attached hydrogen (secondary N) is 2. The van der Waals surface area contributed by atoms with E-state index in [0.29, 0.717) is 5.76 Å². The molecule has 0 radical (unpaired) electrons. The molecule has 0 saturated carbocycles. The van der Waals surface area contributed by atoms with Crippen LogP contribution in [0.5, 0.6) is 0 Å². The molecule has 124 valence electrons. The Hall–Kier alpha value is -2.19. The Kier molecular flexibility index (Phi) is 4.86. The van der Waals surface area contributed by atoms with Gasteiger partial charge in [-0.1, -0.05) is 11.2 Å². The minimum absolute atomic E-state index is 0.123. The van der Waals surface area contributed by atoms with Crippen LogP contribution in [-0.4, -0.2) is 25.5 Å². The average molecular weight is 337 g/mol. The molecule has 1 heterocycles. The van der Waals surface area contributed by atoms with Crippen molar-refractivity contribution < 1.29 is 17.7 Å². The van der Waals surface area contributed by atoms with Crippen molar-refractivity contribution in [2.75, 3.05) is 5.32 Å². The molecule has 2 N–H and O–H groups in total. The second kappa shape index (κ2) is 6.51. The third-order valence-electron chi connectivity index (χ3n) is 3.39. The lowest BCUT2D eigenvalue weighted by atomic mass is 10.1. The molecule has 0 bridgehead atoms. The number of anilines is 1. The third-order valence-corrected chi connectivity index (χ3v) is 4.93. The van der Waals surface area contributed by atoms with Gasteiger partial charge in [0.15, 0.2) is 5.82 Å². The van der Waals surface area contributed by atoms with Gasteiger partial charge in [-0.05, 0) is 51.0 Å². The van der Waals surface area contributed by atoms with E-state index in [1.54, 1.807) is 25.1 Å². The summed E-state index contributed by atoms with van der Waals surface area (Å²) in [7, 11) is -3.79. The van der Waals surface area contributed by atoms with Crippen LogP contribution in [0.3, 0.4) is 0 Å². The van der Waals surface area contributed by atoms with Gasteiger partial charge in [0.2, 0.25) is 15.9 Å². The van der Waals surface area contributed by atoms with Gasteiger partial charge in [0.1, 0.15) is 5.76 Å². The zero-order valence-corrected chi connectivity index (χ0v) is 14.2. The summed E-state index contributed by atoms with van der Waals surface area (Å²) in [6.07, 6.45) is 0. The number of aromatic nitrogens is 1. The lowest BCUT2D eigenvalue weighted by Gasteiger charge is -2.14. The van der Waals surface area contributed by atoms with Crippen molar-refractivity contribution in [3.8, 4) is 0 Å². The van der Waals surface area contributed by atoms with E-state index >= 15 is 0 Å². The van der Waals surface area contributed by atoms with Crippen molar-refractivity contribution >= 4 is 21.7 Å². The van der Waals surface area contributed by atoms with E-state index in [-0.39, 0.29) is 10.7 Å². The monoisotopic (exact) mass is 337 g/mol. The largest absolute Gasteiger partial charge is 0.360 e. The number of aryl methyl sites for hydroxylation is 3. The van der Waals surface area contributed by atoms with Gasteiger partial charge < -0.3 is 9.84 Å². The Morgan fingerprint density at radius 2 is 1.87 bits per heavy atom. The normalized spacial score (nSPS) is 12.9. The van der Waals surface area contributed by atoms with E-state index in [2.05, 4.69) is 15.2 Å². The van der Waals surface area contributed by atoms with Crippen LogP contribution in [0.2, 0.25) is 0 Å². The summed E-state index contributed by atoms with van der Waals surface area (Å²) in [5, 5.41) is 6.12. The van der Waals surface area contributed by atoms with Crippen LogP contribution in [0.25, 0.3) is 0 Å². The highest BCUT2D eigenvalue weighted by Crippen LogP contribution is 2.15. The Labute approximate surface area is 135 Å². The molecule has 0 spiro atoms. The average Bonchev–Trinajstić information content (AvgIpc) is 2.86. The summed E-state index contributed by atoms with van der Waals surface area (Å²) in [5.41, 5.74) is 1.86.